The lowest BCUT2D eigenvalue weighted by Crippen LogP contribution is -2.47. The SMILES string of the molecule is CCCS(=O)(=O)NC1CCN(C(=O)c2ccc(=O)[nH]n2)CC1. The molecule has 1 aliphatic heterocycles. The molecule has 1 aliphatic rings. The predicted molar refractivity (Wildman–Crippen MR) is 81.0 cm³/mol. The molecule has 122 valence electrons. The Balaban J connectivity index is 1.90. The molecule has 0 aromatic carbocycles. The smallest absolute Gasteiger partial charge is 0.274 e. The molecule has 2 N–H and O–H groups in total. The Morgan fingerprint density at radius 1 is 1.41 bits per heavy atom. The average molecular weight is 328 g/mol. The van der Waals surface area contributed by atoms with Gasteiger partial charge in [0.05, 0.1) is 5.75 Å². The van der Waals surface area contributed by atoms with Gasteiger partial charge in [0.2, 0.25) is 10.0 Å². The van der Waals surface area contributed by atoms with Crippen molar-refractivity contribution in [1.82, 2.24) is 19.8 Å². The van der Waals surface area contributed by atoms with E-state index >= 15 is 0 Å². The van der Waals surface area contributed by atoms with E-state index in [0.717, 1.165) is 0 Å². The van der Waals surface area contributed by atoms with E-state index in [1.165, 1.54) is 12.1 Å². The summed E-state index contributed by atoms with van der Waals surface area (Å²) in [5.41, 5.74) is -0.176. The number of H-pyrrole nitrogens is 1. The number of carbonyl (C=O) groups excluding carboxylic acids is 1. The monoisotopic (exact) mass is 328 g/mol. The molecule has 0 bridgehead atoms. The molecular formula is C13H20N4O4S. The predicted octanol–water partition coefficient (Wildman–Crippen LogP) is -0.296. The van der Waals surface area contributed by atoms with E-state index in [4.69, 9.17) is 0 Å². The maximum Gasteiger partial charge on any atom is 0.274 e. The van der Waals surface area contributed by atoms with Gasteiger partial charge in [0.25, 0.3) is 11.5 Å². The van der Waals surface area contributed by atoms with Crippen LogP contribution in [0, 0.1) is 0 Å². The number of hydrogen-bond acceptors (Lipinski definition) is 5. The number of aromatic amines is 1. The van der Waals surface area contributed by atoms with Gasteiger partial charge >= 0.3 is 0 Å². The summed E-state index contributed by atoms with van der Waals surface area (Å²) in [6.45, 7) is 2.73. The molecule has 1 saturated heterocycles. The zero-order chi connectivity index (χ0) is 16.2. The Kier molecular flexibility index (Phi) is 5.30. The van der Waals surface area contributed by atoms with Crippen LogP contribution < -0.4 is 10.3 Å². The number of amides is 1. The van der Waals surface area contributed by atoms with Crippen LogP contribution in [-0.2, 0) is 10.0 Å². The number of sulfonamides is 1. The lowest BCUT2D eigenvalue weighted by Gasteiger charge is -2.31. The van der Waals surface area contributed by atoms with E-state index in [0.29, 0.717) is 32.4 Å². The Morgan fingerprint density at radius 3 is 2.64 bits per heavy atom. The lowest BCUT2D eigenvalue weighted by molar-refractivity contribution is 0.0704. The topological polar surface area (TPSA) is 112 Å². The summed E-state index contributed by atoms with van der Waals surface area (Å²) in [6.07, 6.45) is 1.71. The van der Waals surface area contributed by atoms with Gasteiger partial charge in [-0.3, -0.25) is 9.59 Å². The van der Waals surface area contributed by atoms with Crippen LogP contribution in [0.3, 0.4) is 0 Å². The summed E-state index contributed by atoms with van der Waals surface area (Å²) >= 11 is 0. The molecule has 8 nitrogen and oxygen atoms in total. The highest BCUT2D eigenvalue weighted by Gasteiger charge is 2.26. The minimum absolute atomic E-state index is 0.118. The molecule has 0 saturated carbocycles. The molecule has 22 heavy (non-hydrogen) atoms. The summed E-state index contributed by atoms with van der Waals surface area (Å²) in [4.78, 5) is 24.8. The van der Waals surface area contributed by atoms with Crippen LogP contribution in [0.2, 0.25) is 0 Å². The molecule has 0 unspecified atom stereocenters. The molecule has 1 amide bonds. The van der Waals surface area contributed by atoms with E-state index in [9.17, 15) is 18.0 Å². The molecule has 1 fully saturated rings. The van der Waals surface area contributed by atoms with E-state index in [1.807, 2.05) is 6.92 Å². The van der Waals surface area contributed by atoms with E-state index in [1.54, 1.807) is 4.90 Å². The third-order valence-electron chi connectivity index (χ3n) is 3.50. The van der Waals surface area contributed by atoms with Gasteiger partial charge in [0.1, 0.15) is 5.69 Å². The summed E-state index contributed by atoms with van der Waals surface area (Å²) in [6, 6.07) is 2.51. The van der Waals surface area contributed by atoms with Gasteiger partial charge in [0.15, 0.2) is 0 Å². The second-order valence-corrected chi connectivity index (χ2v) is 7.18. The van der Waals surface area contributed by atoms with Crippen LogP contribution in [-0.4, -0.2) is 54.3 Å². The second-order valence-electron chi connectivity index (χ2n) is 5.31. The Bertz CT molecular complexity index is 657. The van der Waals surface area contributed by atoms with Crippen LogP contribution in [0.1, 0.15) is 36.7 Å². The number of hydrogen-bond donors (Lipinski definition) is 2. The molecule has 2 heterocycles. The van der Waals surface area contributed by atoms with Gasteiger partial charge in [-0.15, -0.1) is 0 Å². The third kappa shape index (κ3) is 4.38. The summed E-state index contributed by atoms with van der Waals surface area (Å²) in [7, 11) is -3.23. The normalized spacial score (nSPS) is 16.7. The molecule has 1 aromatic heterocycles. The lowest BCUT2D eigenvalue weighted by atomic mass is 10.1. The van der Waals surface area contributed by atoms with Crippen LogP contribution >= 0.6 is 0 Å². The van der Waals surface area contributed by atoms with Gasteiger partial charge in [-0.05, 0) is 25.3 Å². The molecule has 1 aromatic rings. The van der Waals surface area contributed by atoms with Crippen molar-refractivity contribution >= 4 is 15.9 Å². The molecule has 9 heteroatoms. The minimum atomic E-state index is -3.23. The Labute approximate surface area is 129 Å². The number of carbonyl (C=O) groups is 1. The van der Waals surface area contributed by atoms with Crippen molar-refractivity contribution in [3.05, 3.63) is 28.2 Å². The largest absolute Gasteiger partial charge is 0.337 e. The van der Waals surface area contributed by atoms with Crippen LogP contribution in [0.25, 0.3) is 0 Å². The highest BCUT2D eigenvalue weighted by molar-refractivity contribution is 7.89. The second kappa shape index (κ2) is 7.01. The number of nitrogens with zero attached hydrogens (tertiary/aromatic N) is 2. The molecule has 0 radical (unpaired) electrons. The summed E-state index contributed by atoms with van der Waals surface area (Å²) < 4.78 is 26.1. The fourth-order valence-electron chi connectivity index (χ4n) is 2.41. The Hall–Kier alpha value is -1.74. The van der Waals surface area contributed by atoms with E-state index in [-0.39, 0.29) is 29.0 Å². The highest BCUT2D eigenvalue weighted by Crippen LogP contribution is 2.13. The Morgan fingerprint density at radius 2 is 2.09 bits per heavy atom. The van der Waals surface area contributed by atoms with Crippen molar-refractivity contribution in [3.63, 3.8) is 0 Å². The van der Waals surface area contributed by atoms with Gasteiger partial charge in [-0.2, -0.15) is 5.10 Å². The van der Waals surface area contributed by atoms with E-state index in [2.05, 4.69) is 14.9 Å². The first kappa shape index (κ1) is 16.6. The first-order valence-corrected chi connectivity index (χ1v) is 8.91. The molecule has 0 atom stereocenters. The van der Waals surface area contributed by atoms with Crippen molar-refractivity contribution in [2.75, 3.05) is 18.8 Å². The van der Waals surface area contributed by atoms with Crippen molar-refractivity contribution < 1.29 is 13.2 Å². The first-order valence-electron chi connectivity index (χ1n) is 7.26. The number of nitrogens with one attached hydrogen (secondary N) is 2. The highest BCUT2D eigenvalue weighted by atomic mass is 32.2. The molecular weight excluding hydrogens is 308 g/mol. The number of likely N-dealkylation sites (tertiary alicyclic amines) is 1. The number of piperidine rings is 1. The average Bonchev–Trinajstić information content (AvgIpc) is 2.47. The maximum absolute atomic E-state index is 12.2. The van der Waals surface area contributed by atoms with Crippen LogP contribution in [0.15, 0.2) is 16.9 Å². The van der Waals surface area contributed by atoms with Crippen LogP contribution in [0.5, 0.6) is 0 Å². The van der Waals surface area contributed by atoms with Crippen LogP contribution in [0.4, 0.5) is 0 Å². The standard InChI is InChI=1S/C13H20N4O4S/c1-2-9-22(20,21)16-10-5-7-17(8-6-10)13(19)11-3-4-12(18)15-14-11/h3-4,10,16H,2,5-9H2,1H3,(H,15,18). The maximum atomic E-state index is 12.2. The molecule has 2 rings (SSSR count). The first-order chi connectivity index (χ1) is 10.4. The van der Waals surface area contributed by atoms with Crippen molar-refractivity contribution in [3.8, 4) is 0 Å². The molecule has 0 aliphatic carbocycles. The molecule has 0 spiro atoms. The van der Waals surface area contributed by atoms with Crippen molar-refractivity contribution in [2.24, 2.45) is 0 Å². The zero-order valence-corrected chi connectivity index (χ0v) is 13.2. The fraction of sp³-hybridized carbons (Fsp3) is 0.615. The minimum Gasteiger partial charge on any atom is -0.337 e. The van der Waals surface area contributed by atoms with Gasteiger partial charge < -0.3 is 4.90 Å². The number of rotatable bonds is 5. The fourth-order valence-corrected chi connectivity index (χ4v) is 3.81. The van der Waals surface area contributed by atoms with Gasteiger partial charge in [0, 0.05) is 25.2 Å². The van der Waals surface area contributed by atoms with Crippen molar-refractivity contribution in [2.45, 2.75) is 32.2 Å². The number of aromatic nitrogens is 2. The third-order valence-corrected chi connectivity index (χ3v) is 5.14. The summed E-state index contributed by atoms with van der Waals surface area (Å²) in [5, 5.41) is 5.94. The summed E-state index contributed by atoms with van der Waals surface area (Å²) in [5.74, 6) is -0.140. The van der Waals surface area contributed by atoms with Gasteiger partial charge in [-0.25, -0.2) is 18.2 Å². The van der Waals surface area contributed by atoms with Crippen molar-refractivity contribution in [1.29, 1.82) is 0 Å². The van der Waals surface area contributed by atoms with Gasteiger partial charge in [-0.1, -0.05) is 6.92 Å². The zero-order valence-electron chi connectivity index (χ0n) is 12.4. The quantitative estimate of drug-likeness (QED) is 0.771. The van der Waals surface area contributed by atoms with E-state index < -0.39 is 10.0 Å².